The number of anilines is 1. The molecule has 0 radical (unpaired) electrons. The van der Waals surface area contributed by atoms with Crippen molar-refractivity contribution >= 4 is 29.1 Å². The van der Waals surface area contributed by atoms with Gasteiger partial charge in [-0.3, -0.25) is 0 Å². The number of nitrogens with two attached hydrogens (primary N) is 1. The molecule has 2 N–H and O–H groups in total. The molecule has 1 heterocycles. The van der Waals surface area contributed by atoms with E-state index in [0.717, 1.165) is 40.8 Å². The molecule has 94 valence electrons. The average Bonchev–Trinajstić information content (AvgIpc) is 2.80. The number of halogens is 1. The zero-order chi connectivity index (χ0) is 12.1. The quantitative estimate of drug-likeness (QED) is 0.500. The molecular formula is C13H18ClNOS. The monoisotopic (exact) mass is 271 g/mol. The van der Waals surface area contributed by atoms with E-state index in [1.807, 2.05) is 18.2 Å². The van der Waals surface area contributed by atoms with E-state index in [1.165, 1.54) is 12.8 Å². The van der Waals surface area contributed by atoms with Gasteiger partial charge in [-0.1, -0.05) is 17.7 Å². The topological polar surface area (TPSA) is 35.2 Å². The van der Waals surface area contributed by atoms with Gasteiger partial charge in [0.05, 0.1) is 11.1 Å². The van der Waals surface area contributed by atoms with E-state index in [4.69, 9.17) is 22.1 Å². The summed E-state index contributed by atoms with van der Waals surface area (Å²) in [7, 11) is 0. The lowest BCUT2D eigenvalue weighted by Crippen LogP contribution is -2.04. The first-order chi connectivity index (χ1) is 8.27. The highest BCUT2D eigenvalue weighted by Crippen LogP contribution is 2.33. The standard InChI is InChI=1S/C13H18ClNOS/c14-11-6-1-7-12(15)13(11)17-9-3-5-10-4-2-8-16-10/h1,6-7,10H,2-5,8-9,15H2. The Morgan fingerprint density at radius 3 is 3.06 bits per heavy atom. The van der Waals surface area contributed by atoms with E-state index in [-0.39, 0.29) is 0 Å². The number of thioether (sulfide) groups is 1. The summed E-state index contributed by atoms with van der Waals surface area (Å²) in [5, 5.41) is 0.757. The van der Waals surface area contributed by atoms with Crippen molar-refractivity contribution in [2.75, 3.05) is 18.1 Å². The minimum absolute atomic E-state index is 0.485. The first-order valence-corrected chi connectivity index (χ1v) is 7.42. The predicted octanol–water partition coefficient (Wildman–Crippen LogP) is 3.97. The molecule has 17 heavy (non-hydrogen) atoms. The smallest absolute Gasteiger partial charge is 0.0576 e. The van der Waals surface area contributed by atoms with Gasteiger partial charge in [0.2, 0.25) is 0 Å². The Kier molecular flexibility index (Phi) is 5.01. The third-order valence-electron chi connectivity index (χ3n) is 2.94. The number of hydrogen-bond acceptors (Lipinski definition) is 3. The second-order valence-corrected chi connectivity index (χ2v) is 5.80. The van der Waals surface area contributed by atoms with Crippen LogP contribution < -0.4 is 5.73 Å². The summed E-state index contributed by atoms with van der Waals surface area (Å²) < 4.78 is 5.59. The molecule has 0 bridgehead atoms. The molecule has 0 aromatic heterocycles. The molecule has 2 rings (SSSR count). The molecular weight excluding hydrogens is 254 g/mol. The zero-order valence-electron chi connectivity index (χ0n) is 9.82. The van der Waals surface area contributed by atoms with E-state index in [0.29, 0.717) is 6.10 Å². The van der Waals surface area contributed by atoms with Crippen LogP contribution in [0.15, 0.2) is 23.1 Å². The van der Waals surface area contributed by atoms with Gasteiger partial charge in [-0.25, -0.2) is 0 Å². The second kappa shape index (κ2) is 6.53. The molecule has 0 spiro atoms. The maximum Gasteiger partial charge on any atom is 0.0576 e. The van der Waals surface area contributed by atoms with Gasteiger partial charge in [-0.2, -0.15) is 0 Å². The van der Waals surface area contributed by atoms with Gasteiger partial charge in [-0.05, 0) is 43.6 Å². The van der Waals surface area contributed by atoms with Crippen LogP contribution in [0.3, 0.4) is 0 Å². The van der Waals surface area contributed by atoms with E-state index in [9.17, 15) is 0 Å². The van der Waals surface area contributed by atoms with Crippen LogP contribution in [-0.2, 0) is 4.74 Å². The highest BCUT2D eigenvalue weighted by atomic mass is 35.5. The van der Waals surface area contributed by atoms with Crippen molar-refractivity contribution in [1.29, 1.82) is 0 Å². The number of rotatable bonds is 5. The summed E-state index contributed by atoms with van der Waals surface area (Å²) in [6.07, 6.45) is 5.23. The molecule has 1 aromatic rings. The number of benzene rings is 1. The van der Waals surface area contributed by atoms with Crippen molar-refractivity contribution < 1.29 is 4.74 Å². The van der Waals surface area contributed by atoms with Gasteiger partial charge in [-0.15, -0.1) is 11.8 Å². The summed E-state index contributed by atoms with van der Waals surface area (Å²) >= 11 is 7.85. The van der Waals surface area contributed by atoms with Crippen LogP contribution in [0, 0.1) is 0 Å². The lowest BCUT2D eigenvalue weighted by atomic mass is 10.1. The van der Waals surface area contributed by atoms with Crippen LogP contribution in [0.25, 0.3) is 0 Å². The molecule has 1 aromatic carbocycles. The first kappa shape index (κ1) is 13.1. The fourth-order valence-corrected chi connectivity index (χ4v) is 3.34. The average molecular weight is 272 g/mol. The van der Waals surface area contributed by atoms with Gasteiger partial charge in [0.15, 0.2) is 0 Å². The summed E-state index contributed by atoms with van der Waals surface area (Å²) in [6.45, 7) is 0.940. The molecule has 2 nitrogen and oxygen atoms in total. The van der Waals surface area contributed by atoms with Crippen LogP contribution in [0.2, 0.25) is 5.02 Å². The maximum atomic E-state index is 6.11. The Labute approximate surface area is 112 Å². The van der Waals surface area contributed by atoms with Crippen molar-refractivity contribution in [3.05, 3.63) is 23.2 Å². The predicted molar refractivity (Wildman–Crippen MR) is 74.8 cm³/mol. The first-order valence-electron chi connectivity index (χ1n) is 6.06. The summed E-state index contributed by atoms with van der Waals surface area (Å²) in [5.74, 6) is 1.05. The highest BCUT2D eigenvalue weighted by molar-refractivity contribution is 7.99. The molecule has 0 amide bonds. The van der Waals surface area contributed by atoms with Crippen molar-refractivity contribution in [3.8, 4) is 0 Å². The van der Waals surface area contributed by atoms with Crippen LogP contribution in [-0.4, -0.2) is 18.5 Å². The van der Waals surface area contributed by atoms with Gasteiger partial charge < -0.3 is 10.5 Å². The number of nitrogen functional groups attached to an aromatic ring is 1. The summed E-state index contributed by atoms with van der Waals surface area (Å²) in [4.78, 5) is 1.02. The van der Waals surface area contributed by atoms with E-state index in [2.05, 4.69) is 0 Å². The number of ether oxygens (including phenoxy) is 1. The van der Waals surface area contributed by atoms with E-state index in [1.54, 1.807) is 11.8 Å². The Morgan fingerprint density at radius 1 is 1.47 bits per heavy atom. The third kappa shape index (κ3) is 3.80. The SMILES string of the molecule is Nc1cccc(Cl)c1SCCCC1CCCO1. The molecule has 1 atom stereocenters. The third-order valence-corrected chi connectivity index (χ3v) is 4.60. The van der Waals surface area contributed by atoms with Gasteiger partial charge in [0.1, 0.15) is 0 Å². The minimum atomic E-state index is 0.485. The molecule has 0 aliphatic carbocycles. The number of hydrogen-bond donors (Lipinski definition) is 1. The van der Waals surface area contributed by atoms with Crippen LogP contribution in [0.5, 0.6) is 0 Å². The van der Waals surface area contributed by atoms with E-state index < -0.39 is 0 Å². The van der Waals surface area contributed by atoms with Gasteiger partial charge >= 0.3 is 0 Å². The molecule has 4 heteroatoms. The van der Waals surface area contributed by atoms with Crippen molar-refractivity contribution in [3.63, 3.8) is 0 Å². The second-order valence-electron chi connectivity index (χ2n) is 4.28. The van der Waals surface area contributed by atoms with E-state index >= 15 is 0 Å². The summed E-state index contributed by atoms with van der Waals surface area (Å²) in [5.41, 5.74) is 6.67. The molecule has 1 fully saturated rings. The van der Waals surface area contributed by atoms with Crippen molar-refractivity contribution in [1.82, 2.24) is 0 Å². The largest absolute Gasteiger partial charge is 0.398 e. The lowest BCUT2D eigenvalue weighted by molar-refractivity contribution is 0.104. The molecule has 0 saturated carbocycles. The Morgan fingerprint density at radius 2 is 2.35 bits per heavy atom. The molecule has 1 aliphatic heterocycles. The lowest BCUT2D eigenvalue weighted by Gasteiger charge is -2.10. The maximum absolute atomic E-state index is 6.11. The molecule has 1 aliphatic rings. The summed E-state index contributed by atoms with van der Waals surface area (Å²) in [6, 6.07) is 5.67. The Balaban J connectivity index is 1.74. The van der Waals surface area contributed by atoms with Crippen LogP contribution >= 0.6 is 23.4 Å². The van der Waals surface area contributed by atoms with Crippen LogP contribution in [0.4, 0.5) is 5.69 Å². The Bertz CT molecular complexity index is 346. The minimum Gasteiger partial charge on any atom is -0.398 e. The fourth-order valence-electron chi connectivity index (χ4n) is 2.04. The Hall–Kier alpha value is -0.380. The van der Waals surface area contributed by atoms with Crippen molar-refractivity contribution in [2.24, 2.45) is 0 Å². The highest BCUT2D eigenvalue weighted by Gasteiger charge is 2.14. The molecule has 1 unspecified atom stereocenters. The normalized spacial score (nSPS) is 19.7. The van der Waals surface area contributed by atoms with Crippen molar-refractivity contribution in [2.45, 2.75) is 36.7 Å². The van der Waals surface area contributed by atoms with Crippen LogP contribution in [0.1, 0.15) is 25.7 Å². The zero-order valence-corrected chi connectivity index (χ0v) is 11.4. The van der Waals surface area contributed by atoms with Gasteiger partial charge in [0, 0.05) is 17.2 Å². The van der Waals surface area contributed by atoms with Gasteiger partial charge in [0.25, 0.3) is 0 Å². The fraction of sp³-hybridized carbons (Fsp3) is 0.538. The molecule has 1 saturated heterocycles.